The average molecular weight is 291 g/mol. The van der Waals surface area contributed by atoms with Gasteiger partial charge in [-0.15, -0.1) is 0 Å². The molecule has 2 aromatic carbocycles. The van der Waals surface area contributed by atoms with Crippen molar-refractivity contribution in [3.8, 4) is 5.75 Å². The summed E-state index contributed by atoms with van der Waals surface area (Å²) in [5, 5.41) is 0. The molecular weight excluding hydrogens is 272 g/mol. The lowest BCUT2D eigenvalue weighted by Gasteiger charge is -2.25. The lowest BCUT2D eigenvalue weighted by atomic mass is 9.87. The normalized spacial score (nSPS) is 13.8. The number of methoxy groups -OCH3 is 1. The van der Waals surface area contributed by atoms with Gasteiger partial charge in [0.1, 0.15) is 17.4 Å². The van der Waals surface area contributed by atoms with E-state index in [0.29, 0.717) is 6.42 Å². The number of rotatable bonds is 5. The SMILES string of the molecule is COc1ccc(CC(C)(N)Cc2c(F)cccc2F)cc1. The predicted octanol–water partition coefficient (Wildman–Crippen LogP) is 3.48. The highest BCUT2D eigenvalue weighted by Crippen LogP contribution is 2.22. The number of hydrogen-bond donors (Lipinski definition) is 1. The number of ether oxygens (including phenoxy) is 1. The molecule has 112 valence electrons. The van der Waals surface area contributed by atoms with E-state index in [1.54, 1.807) is 14.0 Å². The zero-order valence-electron chi connectivity index (χ0n) is 12.2. The summed E-state index contributed by atoms with van der Waals surface area (Å²) in [4.78, 5) is 0. The largest absolute Gasteiger partial charge is 0.497 e. The average Bonchev–Trinajstić information content (AvgIpc) is 2.43. The van der Waals surface area contributed by atoms with Gasteiger partial charge in [0.25, 0.3) is 0 Å². The summed E-state index contributed by atoms with van der Waals surface area (Å²) in [5.74, 6) is -0.347. The maximum atomic E-state index is 13.7. The van der Waals surface area contributed by atoms with Crippen LogP contribution in [0.3, 0.4) is 0 Å². The summed E-state index contributed by atoms with van der Waals surface area (Å²) in [6.45, 7) is 1.79. The van der Waals surface area contributed by atoms with Gasteiger partial charge in [-0.05, 0) is 49.6 Å². The van der Waals surface area contributed by atoms with Crippen LogP contribution in [-0.2, 0) is 12.8 Å². The van der Waals surface area contributed by atoms with Gasteiger partial charge in [0.15, 0.2) is 0 Å². The molecule has 0 radical (unpaired) electrons. The second-order valence-electron chi connectivity index (χ2n) is 5.56. The third-order valence-electron chi connectivity index (χ3n) is 3.41. The van der Waals surface area contributed by atoms with Crippen molar-refractivity contribution in [3.63, 3.8) is 0 Å². The molecule has 0 spiro atoms. The molecule has 2 aromatic rings. The molecule has 0 aliphatic rings. The monoisotopic (exact) mass is 291 g/mol. The van der Waals surface area contributed by atoms with E-state index in [2.05, 4.69) is 0 Å². The van der Waals surface area contributed by atoms with Gasteiger partial charge in [-0.1, -0.05) is 18.2 Å². The Hall–Kier alpha value is -1.94. The molecule has 0 aromatic heterocycles. The third kappa shape index (κ3) is 4.02. The molecule has 0 aliphatic carbocycles. The molecule has 2 nitrogen and oxygen atoms in total. The van der Waals surface area contributed by atoms with E-state index in [1.807, 2.05) is 24.3 Å². The van der Waals surface area contributed by atoms with Crippen molar-refractivity contribution in [2.75, 3.05) is 7.11 Å². The Bertz CT molecular complexity index is 588. The Morgan fingerprint density at radius 1 is 1.00 bits per heavy atom. The second-order valence-corrected chi connectivity index (χ2v) is 5.56. The van der Waals surface area contributed by atoms with Gasteiger partial charge in [0.2, 0.25) is 0 Å². The van der Waals surface area contributed by atoms with Gasteiger partial charge in [0, 0.05) is 11.1 Å². The summed E-state index contributed by atoms with van der Waals surface area (Å²) in [7, 11) is 1.60. The van der Waals surface area contributed by atoms with Crippen molar-refractivity contribution >= 4 is 0 Å². The van der Waals surface area contributed by atoms with Crippen molar-refractivity contribution in [3.05, 3.63) is 65.2 Å². The Balaban J connectivity index is 2.14. The highest BCUT2D eigenvalue weighted by Gasteiger charge is 2.23. The first kappa shape index (κ1) is 15.4. The minimum atomic E-state index is -0.738. The fourth-order valence-electron chi connectivity index (χ4n) is 2.38. The van der Waals surface area contributed by atoms with Crippen LogP contribution >= 0.6 is 0 Å². The van der Waals surface area contributed by atoms with E-state index in [-0.39, 0.29) is 12.0 Å². The van der Waals surface area contributed by atoms with Gasteiger partial charge < -0.3 is 10.5 Å². The van der Waals surface area contributed by atoms with Crippen LogP contribution in [0.1, 0.15) is 18.1 Å². The van der Waals surface area contributed by atoms with Crippen molar-refractivity contribution in [1.82, 2.24) is 0 Å². The highest BCUT2D eigenvalue weighted by molar-refractivity contribution is 5.29. The lowest BCUT2D eigenvalue weighted by Crippen LogP contribution is -2.41. The van der Waals surface area contributed by atoms with E-state index in [1.165, 1.54) is 18.2 Å². The van der Waals surface area contributed by atoms with Gasteiger partial charge in [-0.3, -0.25) is 0 Å². The minimum absolute atomic E-state index is 0.0380. The Kier molecular flexibility index (Phi) is 4.58. The third-order valence-corrected chi connectivity index (χ3v) is 3.41. The van der Waals surface area contributed by atoms with Crippen LogP contribution in [0, 0.1) is 11.6 Å². The molecule has 21 heavy (non-hydrogen) atoms. The first-order chi connectivity index (χ1) is 9.91. The molecule has 0 saturated carbocycles. The second kappa shape index (κ2) is 6.22. The van der Waals surface area contributed by atoms with Gasteiger partial charge in [-0.2, -0.15) is 0 Å². The van der Waals surface area contributed by atoms with Crippen molar-refractivity contribution in [2.24, 2.45) is 5.73 Å². The summed E-state index contributed by atoms with van der Waals surface area (Å²) in [6.07, 6.45) is 0.655. The van der Waals surface area contributed by atoms with Crippen LogP contribution in [0.15, 0.2) is 42.5 Å². The van der Waals surface area contributed by atoms with E-state index < -0.39 is 17.2 Å². The van der Waals surface area contributed by atoms with E-state index in [0.717, 1.165) is 11.3 Å². The van der Waals surface area contributed by atoms with Crippen LogP contribution in [0.2, 0.25) is 0 Å². The smallest absolute Gasteiger partial charge is 0.129 e. The van der Waals surface area contributed by atoms with Gasteiger partial charge >= 0.3 is 0 Å². The van der Waals surface area contributed by atoms with E-state index in [9.17, 15) is 8.78 Å². The van der Waals surface area contributed by atoms with Crippen LogP contribution in [0.5, 0.6) is 5.75 Å². The fraction of sp³-hybridized carbons (Fsp3) is 0.294. The van der Waals surface area contributed by atoms with E-state index >= 15 is 0 Å². The number of benzene rings is 2. The first-order valence-electron chi connectivity index (χ1n) is 6.76. The van der Waals surface area contributed by atoms with E-state index in [4.69, 9.17) is 10.5 Å². The molecule has 0 heterocycles. The quantitative estimate of drug-likeness (QED) is 0.915. The summed E-state index contributed by atoms with van der Waals surface area (Å²) in [5.41, 5.74) is 6.52. The topological polar surface area (TPSA) is 35.2 Å². The molecule has 4 heteroatoms. The first-order valence-corrected chi connectivity index (χ1v) is 6.76. The van der Waals surface area contributed by atoms with Crippen LogP contribution < -0.4 is 10.5 Å². The fourth-order valence-corrected chi connectivity index (χ4v) is 2.38. The maximum Gasteiger partial charge on any atom is 0.129 e. The standard InChI is InChI=1S/C17H19F2NO/c1-17(20,10-12-6-8-13(21-2)9-7-12)11-14-15(18)4-3-5-16(14)19/h3-9H,10-11,20H2,1-2H3. The minimum Gasteiger partial charge on any atom is -0.497 e. The van der Waals surface area contributed by atoms with Crippen molar-refractivity contribution in [1.29, 1.82) is 0 Å². The molecule has 1 atom stereocenters. The summed E-state index contributed by atoms with van der Waals surface area (Å²) < 4.78 is 32.5. The Morgan fingerprint density at radius 3 is 2.10 bits per heavy atom. The molecule has 0 bridgehead atoms. The molecule has 2 N–H and O–H groups in total. The highest BCUT2D eigenvalue weighted by atomic mass is 19.1. The predicted molar refractivity (Wildman–Crippen MR) is 79.4 cm³/mol. The number of nitrogens with two attached hydrogens (primary N) is 1. The van der Waals surface area contributed by atoms with Crippen LogP contribution in [0.25, 0.3) is 0 Å². The van der Waals surface area contributed by atoms with Crippen LogP contribution in [0.4, 0.5) is 8.78 Å². The number of halogens is 2. The molecule has 1 unspecified atom stereocenters. The van der Waals surface area contributed by atoms with Crippen LogP contribution in [-0.4, -0.2) is 12.6 Å². The molecule has 0 fully saturated rings. The zero-order chi connectivity index (χ0) is 15.5. The molecule has 0 saturated heterocycles. The molecule has 0 aliphatic heterocycles. The summed E-state index contributed by atoms with van der Waals surface area (Å²) >= 11 is 0. The molecular formula is C17H19F2NO. The maximum absolute atomic E-state index is 13.7. The van der Waals surface area contributed by atoms with Gasteiger partial charge in [0.05, 0.1) is 7.11 Å². The molecule has 0 amide bonds. The zero-order valence-corrected chi connectivity index (χ0v) is 12.2. The summed E-state index contributed by atoms with van der Waals surface area (Å²) in [6, 6.07) is 11.3. The lowest BCUT2D eigenvalue weighted by molar-refractivity contribution is 0.413. The van der Waals surface area contributed by atoms with Crippen molar-refractivity contribution < 1.29 is 13.5 Å². The van der Waals surface area contributed by atoms with Gasteiger partial charge in [-0.25, -0.2) is 8.78 Å². The Morgan fingerprint density at radius 2 is 1.57 bits per heavy atom. The van der Waals surface area contributed by atoms with Crippen molar-refractivity contribution in [2.45, 2.75) is 25.3 Å². The molecule has 2 rings (SSSR count). The number of hydrogen-bond acceptors (Lipinski definition) is 2. The Labute approximate surface area is 123 Å².